The van der Waals surface area contributed by atoms with Crippen LogP contribution in [0.2, 0.25) is 20.1 Å². The van der Waals surface area contributed by atoms with Gasteiger partial charge in [-0.3, -0.25) is 0 Å². The van der Waals surface area contributed by atoms with Crippen molar-refractivity contribution in [2.45, 2.75) is 25.6 Å². The van der Waals surface area contributed by atoms with Gasteiger partial charge in [0.05, 0.1) is 21.8 Å². The maximum absolute atomic E-state index is 6.52. The lowest BCUT2D eigenvalue weighted by Crippen LogP contribution is -2.34. The van der Waals surface area contributed by atoms with E-state index in [0.29, 0.717) is 32.3 Å². The minimum atomic E-state index is -0.533. The first-order chi connectivity index (χ1) is 14.4. The maximum atomic E-state index is 6.52. The van der Waals surface area contributed by atoms with Crippen molar-refractivity contribution in [2.24, 2.45) is 5.10 Å². The van der Waals surface area contributed by atoms with Gasteiger partial charge in [-0.2, -0.15) is 5.10 Å². The van der Waals surface area contributed by atoms with Crippen molar-refractivity contribution in [3.05, 3.63) is 96.9 Å². The summed E-state index contributed by atoms with van der Waals surface area (Å²) in [4.78, 5) is 0. The van der Waals surface area contributed by atoms with Crippen LogP contribution in [-0.2, 0) is 0 Å². The van der Waals surface area contributed by atoms with Gasteiger partial charge >= 0.3 is 0 Å². The molecule has 2 unspecified atom stereocenters. The van der Waals surface area contributed by atoms with Crippen molar-refractivity contribution < 1.29 is 4.74 Å². The van der Waals surface area contributed by atoms with Crippen LogP contribution >= 0.6 is 46.4 Å². The fraction of sp³-hybridized carbons (Fsp3) is 0.174. The summed E-state index contributed by atoms with van der Waals surface area (Å²) >= 11 is 25.4. The zero-order valence-electron chi connectivity index (χ0n) is 15.9. The summed E-state index contributed by atoms with van der Waals surface area (Å²) in [5.74, 6) is 0.610. The van der Waals surface area contributed by atoms with Crippen LogP contribution in [0.3, 0.4) is 0 Å². The molecule has 0 N–H and O–H groups in total. The van der Waals surface area contributed by atoms with Crippen LogP contribution in [0.25, 0.3) is 0 Å². The van der Waals surface area contributed by atoms with E-state index in [1.807, 2.05) is 17.1 Å². The van der Waals surface area contributed by atoms with E-state index in [4.69, 9.17) is 56.2 Å². The van der Waals surface area contributed by atoms with E-state index in [0.717, 1.165) is 22.4 Å². The number of benzene rings is 3. The van der Waals surface area contributed by atoms with Gasteiger partial charge in [-0.25, -0.2) is 5.01 Å². The van der Waals surface area contributed by atoms with Gasteiger partial charge in [-0.15, -0.1) is 0 Å². The molecule has 0 fully saturated rings. The number of hydrogen-bond donors (Lipinski definition) is 0. The molecule has 2 aliphatic heterocycles. The summed E-state index contributed by atoms with van der Waals surface area (Å²) in [6.45, 7) is 2.07. The number of fused-ring (bicyclic) bond motifs is 3. The molecule has 30 heavy (non-hydrogen) atoms. The van der Waals surface area contributed by atoms with E-state index in [1.165, 1.54) is 5.56 Å². The number of aryl methyl sites for hydroxylation is 1. The largest absolute Gasteiger partial charge is 0.463 e. The van der Waals surface area contributed by atoms with E-state index >= 15 is 0 Å². The fourth-order valence-corrected chi connectivity index (χ4v) is 5.00. The van der Waals surface area contributed by atoms with E-state index < -0.39 is 6.23 Å². The van der Waals surface area contributed by atoms with Crippen LogP contribution in [0.1, 0.15) is 40.9 Å². The van der Waals surface area contributed by atoms with Crippen molar-refractivity contribution >= 4 is 52.1 Å². The molecular weight excluding hydrogens is 462 g/mol. The fourth-order valence-electron chi connectivity index (χ4n) is 3.94. The van der Waals surface area contributed by atoms with Gasteiger partial charge in [0, 0.05) is 27.6 Å². The molecule has 3 aromatic carbocycles. The molecule has 0 radical (unpaired) electrons. The summed E-state index contributed by atoms with van der Waals surface area (Å²) < 4.78 is 6.34. The molecule has 0 spiro atoms. The molecular formula is C23H16Cl4N2O. The van der Waals surface area contributed by atoms with E-state index in [9.17, 15) is 0 Å². The Hall–Kier alpha value is -1.91. The standard InChI is InChI=1S/C23H16Cl4N2O/c1-12-2-4-13(5-3-12)20-11-21-17-8-15(25)10-19(27)22(17)30-23(29(21)28-20)16-7-6-14(24)9-18(16)26/h2-10,21,23H,11H2,1H3. The maximum Gasteiger partial charge on any atom is 0.215 e. The Labute approximate surface area is 194 Å². The summed E-state index contributed by atoms with van der Waals surface area (Å²) in [7, 11) is 0. The predicted octanol–water partition coefficient (Wildman–Crippen LogP) is 7.85. The third kappa shape index (κ3) is 3.44. The molecule has 3 aromatic rings. The Balaban J connectivity index is 1.64. The molecule has 5 rings (SSSR count). The van der Waals surface area contributed by atoms with Crippen LogP contribution in [0.15, 0.2) is 59.7 Å². The molecule has 2 atom stereocenters. The Bertz CT molecular complexity index is 1180. The Kier molecular flexibility index (Phi) is 5.11. The molecule has 0 saturated carbocycles. The lowest BCUT2D eigenvalue weighted by molar-refractivity contribution is -0.0188. The first kappa shape index (κ1) is 20.0. The number of hydrazone groups is 1. The highest BCUT2D eigenvalue weighted by atomic mass is 35.5. The third-order valence-electron chi connectivity index (χ3n) is 5.42. The van der Waals surface area contributed by atoms with Crippen molar-refractivity contribution in [1.29, 1.82) is 0 Å². The monoisotopic (exact) mass is 476 g/mol. The number of ether oxygens (including phenoxy) is 1. The molecule has 7 heteroatoms. The smallest absolute Gasteiger partial charge is 0.215 e. The van der Waals surface area contributed by atoms with Crippen LogP contribution in [0.4, 0.5) is 0 Å². The SMILES string of the molecule is Cc1ccc(C2=NN3C(C2)c2cc(Cl)cc(Cl)c2OC3c2ccc(Cl)cc2Cl)cc1. The van der Waals surface area contributed by atoms with Crippen molar-refractivity contribution in [3.63, 3.8) is 0 Å². The zero-order chi connectivity index (χ0) is 21.0. The summed E-state index contributed by atoms with van der Waals surface area (Å²) in [5.41, 5.74) is 4.94. The minimum absolute atomic E-state index is 0.0713. The third-order valence-corrected chi connectivity index (χ3v) is 6.48. The number of nitrogens with zero attached hydrogens (tertiary/aromatic N) is 2. The topological polar surface area (TPSA) is 24.8 Å². The molecule has 152 valence electrons. The van der Waals surface area contributed by atoms with Gasteiger partial charge < -0.3 is 4.74 Å². The van der Waals surface area contributed by atoms with Gasteiger partial charge in [0.25, 0.3) is 0 Å². The normalized spacial score (nSPS) is 19.8. The summed E-state index contributed by atoms with van der Waals surface area (Å²) in [6.07, 6.45) is 0.173. The number of halogens is 4. The van der Waals surface area contributed by atoms with Crippen LogP contribution in [0.5, 0.6) is 5.75 Å². The molecule has 0 aromatic heterocycles. The molecule has 2 aliphatic rings. The first-order valence-electron chi connectivity index (χ1n) is 9.44. The highest BCUT2D eigenvalue weighted by molar-refractivity contribution is 6.36. The second kappa shape index (κ2) is 7.65. The average Bonchev–Trinajstić information content (AvgIpc) is 3.14. The van der Waals surface area contributed by atoms with Gasteiger partial charge in [-0.1, -0.05) is 82.3 Å². The van der Waals surface area contributed by atoms with Crippen LogP contribution in [0, 0.1) is 6.92 Å². The number of rotatable bonds is 2. The second-order valence-electron chi connectivity index (χ2n) is 7.45. The molecule has 3 nitrogen and oxygen atoms in total. The zero-order valence-corrected chi connectivity index (χ0v) is 18.9. The van der Waals surface area contributed by atoms with Gasteiger partial charge in [0.15, 0.2) is 0 Å². The van der Waals surface area contributed by atoms with Gasteiger partial charge in [-0.05, 0) is 36.8 Å². The van der Waals surface area contributed by atoms with Crippen LogP contribution in [-0.4, -0.2) is 10.7 Å². The predicted molar refractivity (Wildman–Crippen MR) is 123 cm³/mol. The van der Waals surface area contributed by atoms with E-state index in [-0.39, 0.29) is 6.04 Å². The Morgan fingerprint density at radius 1 is 0.867 bits per heavy atom. The Morgan fingerprint density at radius 2 is 1.60 bits per heavy atom. The molecule has 0 saturated heterocycles. The molecule has 0 amide bonds. The van der Waals surface area contributed by atoms with Gasteiger partial charge in [0.1, 0.15) is 5.75 Å². The molecule has 2 heterocycles. The van der Waals surface area contributed by atoms with Gasteiger partial charge in [0.2, 0.25) is 6.23 Å². The average molecular weight is 478 g/mol. The minimum Gasteiger partial charge on any atom is -0.463 e. The van der Waals surface area contributed by atoms with Crippen molar-refractivity contribution in [1.82, 2.24) is 5.01 Å². The van der Waals surface area contributed by atoms with Crippen molar-refractivity contribution in [2.75, 3.05) is 0 Å². The summed E-state index contributed by atoms with van der Waals surface area (Å²) in [5, 5.41) is 8.99. The summed E-state index contributed by atoms with van der Waals surface area (Å²) in [6, 6.07) is 17.2. The lowest BCUT2D eigenvalue weighted by atomic mass is 9.95. The highest BCUT2D eigenvalue weighted by Gasteiger charge is 2.42. The van der Waals surface area contributed by atoms with Crippen LogP contribution < -0.4 is 4.74 Å². The molecule has 0 bridgehead atoms. The first-order valence-corrected chi connectivity index (χ1v) is 11.0. The van der Waals surface area contributed by atoms with E-state index in [2.05, 4.69) is 31.2 Å². The Morgan fingerprint density at radius 3 is 2.33 bits per heavy atom. The van der Waals surface area contributed by atoms with Crippen molar-refractivity contribution in [3.8, 4) is 5.75 Å². The van der Waals surface area contributed by atoms with E-state index in [1.54, 1.807) is 18.2 Å². The highest BCUT2D eigenvalue weighted by Crippen LogP contribution is 2.51. The second-order valence-corrected chi connectivity index (χ2v) is 9.14. The lowest BCUT2D eigenvalue weighted by Gasteiger charge is -2.39. The number of hydrogen-bond acceptors (Lipinski definition) is 3. The molecule has 0 aliphatic carbocycles. The quantitative estimate of drug-likeness (QED) is 0.375.